The molecule has 0 aliphatic carbocycles. The van der Waals surface area contributed by atoms with Crippen LogP contribution in [0, 0.1) is 11.6 Å². The van der Waals surface area contributed by atoms with E-state index in [1.54, 1.807) is 13.2 Å². The Bertz CT molecular complexity index is 556. The van der Waals surface area contributed by atoms with Crippen molar-refractivity contribution in [3.63, 3.8) is 0 Å². The molecule has 2 aromatic rings. The molecule has 2 rings (SSSR count). The normalized spacial score (nSPS) is 12.4. The van der Waals surface area contributed by atoms with Crippen molar-refractivity contribution >= 4 is 11.3 Å². The Morgan fingerprint density at radius 3 is 2.79 bits per heavy atom. The molecule has 19 heavy (non-hydrogen) atoms. The molecule has 0 saturated carbocycles. The molecule has 0 aliphatic rings. The predicted molar refractivity (Wildman–Crippen MR) is 72.7 cm³/mol. The van der Waals surface area contributed by atoms with Gasteiger partial charge in [0.1, 0.15) is 5.75 Å². The van der Waals surface area contributed by atoms with Gasteiger partial charge in [-0.25, -0.2) is 8.78 Å². The minimum atomic E-state index is -0.837. The van der Waals surface area contributed by atoms with Gasteiger partial charge in [-0.2, -0.15) is 0 Å². The van der Waals surface area contributed by atoms with Gasteiger partial charge in [-0.1, -0.05) is 19.1 Å². The zero-order valence-electron chi connectivity index (χ0n) is 10.7. The van der Waals surface area contributed by atoms with Crippen LogP contribution in [0.15, 0.2) is 29.6 Å². The monoisotopic (exact) mass is 283 g/mol. The highest BCUT2D eigenvalue weighted by Crippen LogP contribution is 2.35. The van der Waals surface area contributed by atoms with Crippen molar-refractivity contribution in [2.24, 2.45) is 0 Å². The molecule has 0 spiro atoms. The Balaban J connectivity index is 2.48. The Hall–Kier alpha value is -1.46. The molecule has 1 N–H and O–H groups in total. The minimum absolute atomic E-state index is 0.294. The van der Waals surface area contributed by atoms with Crippen molar-refractivity contribution in [1.29, 1.82) is 0 Å². The summed E-state index contributed by atoms with van der Waals surface area (Å²) < 4.78 is 32.6. The van der Waals surface area contributed by atoms with Crippen LogP contribution in [-0.2, 0) is 0 Å². The van der Waals surface area contributed by atoms with Gasteiger partial charge in [0, 0.05) is 5.56 Å². The predicted octanol–water partition coefficient (Wildman–Crippen LogP) is 3.73. The third kappa shape index (κ3) is 2.77. The van der Waals surface area contributed by atoms with Crippen LogP contribution in [-0.4, -0.2) is 13.7 Å². The number of benzene rings is 1. The second kappa shape index (κ2) is 6.12. The van der Waals surface area contributed by atoms with Gasteiger partial charge in [0.25, 0.3) is 0 Å². The van der Waals surface area contributed by atoms with Crippen LogP contribution in [0.25, 0.3) is 0 Å². The molecule has 0 saturated heterocycles. The maximum atomic E-state index is 14.0. The molecule has 2 nitrogen and oxygen atoms in total. The summed E-state index contributed by atoms with van der Waals surface area (Å²) >= 11 is 1.45. The number of methoxy groups -OCH3 is 1. The minimum Gasteiger partial charge on any atom is -0.496 e. The first-order chi connectivity index (χ1) is 9.19. The second-order valence-electron chi connectivity index (χ2n) is 3.99. The van der Waals surface area contributed by atoms with E-state index in [1.165, 1.54) is 17.4 Å². The van der Waals surface area contributed by atoms with Gasteiger partial charge in [-0.15, -0.1) is 11.3 Å². The molecule has 102 valence electrons. The largest absolute Gasteiger partial charge is 0.496 e. The lowest BCUT2D eigenvalue weighted by molar-refractivity contribution is 0.406. The van der Waals surface area contributed by atoms with Crippen LogP contribution in [0.5, 0.6) is 5.75 Å². The lowest BCUT2D eigenvalue weighted by Gasteiger charge is -2.19. The molecule has 0 radical (unpaired) electrons. The summed E-state index contributed by atoms with van der Waals surface area (Å²) in [5, 5.41) is 5.04. The molecule has 1 unspecified atom stereocenters. The van der Waals surface area contributed by atoms with Gasteiger partial charge in [-0.3, -0.25) is 0 Å². The van der Waals surface area contributed by atoms with Gasteiger partial charge < -0.3 is 10.1 Å². The number of hydrogen-bond donors (Lipinski definition) is 1. The zero-order valence-corrected chi connectivity index (χ0v) is 11.6. The van der Waals surface area contributed by atoms with Crippen molar-refractivity contribution in [2.75, 3.05) is 13.7 Å². The number of ether oxygens (including phenoxy) is 1. The number of hydrogen-bond acceptors (Lipinski definition) is 3. The standard InChI is InChI=1S/C14H15F2NOS/c1-3-17-13(14-11(18-2)7-8-19-14)9-5-4-6-10(15)12(9)16/h4-8,13,17H,3H2,1-2H3. The van der Waals surface area contributed by atoms with Crippen molar-refractivity contribution in [3.05, 3.63) is 51.7 Å². The average molecular weight is 283 g/mol. The van der Waals surface area contributed by atoms with E-state index >= 15 is 0 Å². The van der Waals surface area contributed by atoms with Crippen LogP contribution in [0.3, 0.4) is 0 Å². The maximum Gasteiger partial charge on any atom is 0.163 e. The number of thiophene rings is 1. The number of rotatable bonds is 5. The highest BCUT2D eigenvalue weighted by molar-refractivity contribution is 7.10. The average Bonchev–Trinajstić information content (AvgIpc) is 2.88. The summed E-state index contributed by atoms with van der Waals surface area (Å²) in [6.07, 6.45) is 0. The van der Waals surface area contributed by atoms with Crippen LogP contribution in [0.4, 0.5) is 8.78 Å². The second-order valence-corrected chi connectivity index (χ2v) is 4.93. The Labute approximate surface area is 115 Å². The molecule has 1 aromatic carbocycles. The summed E-state index contributed by atoms with van der Waals surface area (Å²) in [4.78, 5) is 0.842. The van der Waals surface area contributed by atoms with Gasteiger partial charge in [0.2, 0.25) is 0 Å². The molecular formula is C14H15F2NOS. The number of halogens is 2. The van der Waals surface area contributed by atoms with Gasteiger partial charge >= 0.3 is 0 Å². The van der Waals surface area contributed by atoms with Crippen LogP contribution in [0.2, 0.25) is 0 Å². The molecule has 1 aromatic heterocycles. The zero-order chi connectivity index (χ0) is 13.8. The number of nitrogens with one attached hydrogen (secondary N) is 1. The van der Waals surface area contributed by atoms with E-state index in [-0.39, 0.29) is 0 Å². The van der Waals surface area contributed by atoms with Crippen LogP contribution < -0.4 is 10.1 Å². The lowest BCUT2D eigenvalue weighted by Crippen LogP contribution is -2.23. The summed E-state index contributed by atoms with van der Waals surface area (Å²) in [5.74, 6) is -0.973. The molecule has 0 amide bonds. The fourth-order valence-corrected chi connectivity index (χ4v) is 2.93. The molecule has 1 heterocycles. The first-order valence-corrected chi connectivity index (χ1v) is 6.85. The van der Waals surface area contributed by atoms with E-state index in [9.17, 15) is 8.78 Å². The fraction of sp³-hybridized carbons (Fsp3) is 0.286. The Morgan fingerprint density at radius 1 is 1.32 bits per heavy atom. The van der Waals surface area contributed by atoms with Crippen molar-refractivity contribution in [3.8, 4) is 5.75 Å². The maximum absolute atomic E-state index is 14.0. The van der Waals surface area contributed by atoms with Gasteiger partial charge in [-0.05, 0) is 24.1 Å². The van der Waals surface area contributed by atoms with Gasteiger partial charge in [0.15, 0.2) is 11.6 Å². The molecular weight excluding hydrogens is 268 g/mol. The van der Waals surface area contributed by atoms with Crippen molar-refractivity contribution in [1.82, 2.24) is 5.32 Å². The third-order valence-corrected chi connectivity index (χ3v) is 3.80. The molecule has 0 fully saturated rings. The molecule has 1 atom stereocenters. The summed E-state index contributed by atoms with van der Waals surface area (Å²) in [5.41, 5.74) is 0.294. The first-order valence-electron chi connectivity index (χ1n) is 5.97. The molecule has 0 bridgehead atoms. The van der Waals surface area contributed by atoms with E-state index < -0.39 is 17.7 Å². The highest BCUT2D eigenvalue weighted by atomic mass is 32.1. The Morgan fingerprint density at radius 2 is 2.11 bits per heavy atom. The molecule has 0 aliphatic heterocycles. The van der Waals surface area contributed by atoms with E-state index in [2.05, 4.69) is 5.32 Å². The van der Waals surface area contributed by atoms with Crippen molar-refractivity contribution in [2.45, 2.75) is 13.0 Å². The summed E-state index contributed by atoms with van der Waals surface area (Å²) in [6, 6.07) is 5.63. The molecule has 5 heteroatoms. The van der Waals surface area contributed by atoms with E-state index in [4.69, 9.17) is 4.74 Å². The topological polar surface area (TPSA) is 21.3 Å². The highest BCUT2D eigenvalue weighted by Gasteiger charge is 2.23. The van der Waals surface area contributed by atoms with E-state index in [0.717, 1.165) is 10.9 Å². The van der Waals surface area contributed by atoms with E-state index in [0.29, 0.717) is 17.9 Å². The first kappa shape index (κ1) is 14.0. The summed E-state index contributed by atoms with van der Waals surface area (Å²) in [6.45, 7) is 2.56. The smallest absolute Gasteiger partial charge is 0.163 e. The lowest BCUT2D eigenvalue weighted by atomic mass is 10.0. The van der Waals surface area contributed by atoms with Gasteiger partial charge in [0.05, 0.1) is 18.0 Å². The van der Waals surface area contributed by atoms with Crippen LogP contribution in [0.1, 0.15) is 23.4 Å². The fourth-order valence-electron chi connectivity index (χ4n) is 1.98. The van der Waals surface area contributed by atoms with Crippen LogP contribution >= 0.6 is 11.3 Å². The van der Waals surface area contributed by atoms with E-state index in [1.807, 2.05) is 18.4 Å². The van der Waals surface area contributed by atoms with Crippen molar-refractivity contribution < 1.29 is 13.5 Å². The summed E-state index contributed by atoms with van der Waals surface area (Å²) in [7, 11) is 1.57. The SMILES string of the molecule is CCNC(c1cccc(F)c1F)c1sccc1OC. The third-order valence-electron chi connectivity index (χ3n) is 2.84. The quantitative estimate of drug-likeness (QED) is 0.902. The Kier molecular flexibility index (Phi) is 4.50.